The minimum Gasteiger partial charge on any atom is -0.357 e. The summed E-state index contributed by atoms with van der Waals surface area (Å²) in [7, 11) is 1.94. The number of nitrogens with one attached hydrogen (secondary N) is 2. The van der Waals surface area contributed by atoms with E-state index in [0.29, 0.717) is 12.5 Å². The Morgan fingerprint density at radius 2 is 1.59 bits per heavy atom. The number of guanidine groups is 1. The minimum atomic E-state index is 0. The highest BCUT2D eigenvalue weighted by atomic mass is 127. The molecule has 2 aromatic carbocycles. The molecule has 1 aromatic heterocycles. The Balaban J connectivity index is 0.00000300. The number of halogens is 1. The zero-order chi connectivity index (χ0) is 19.6. The normalized spacial score (nSPS) is 11.2. The van der Waals surface area contributed by atoms with E-state index in [0.717, 1.165) is 31.2 Å². The third kappa shape index (κ3) is 6.88. The van der Waals surface area contributed by atoms with Gasteiger partial charge in [0.2, 0.25) is 0 Å². The van der Waals surface area contributed by atoms with Gasteiger partial charge in [0.1, 0.15) is 0 Å². The minimum absolute atomic E-state index is 0. The van der Waals surface area contributed by atoms with Gasteiger partial charge in [-0.1, -0.05) is 60.7 Å². The molecular weight excluding hydrogens is 473 g/mol. The predicted molar refractivity (Wildman–Crippen MR) is 131 cm³/mol. The van der Waals surface area contributed by atoms with Crippen molar-refractivity contribution in [2.45, 2.75) is 25.8 Å². The Bertz CT molecular complexity index is 822. The SMILES string of the molecule is CCNC(=NCc1ccnn1C)NCCC(c1ccccc1)c1ccccc1.I. The first-order chi connectivity index (χ1) is 13.8. The highest BCUT2D eigenvalue weighted by molar-refractivity contribution is 14.0. The first kappa shape index (κ1) is 22.9. The number of aliphatic imine (C=N–C) groups is 1. The second-order valence-electron chi connectivity index (χ2n) is 6.73. The zero-order valence-electron chi connectivity index (χ0n) is 17.1. The van der Waals surface area contributed by atoms with Gasteiger partial charge in [0.25, 0.3) is 0 Å². The van der Waals surface area contributed by atoms with Crippen LogP contribution in [-0.4, -0.2) is 28.8 Å². The number of nitrogens with zero attached hydrogens (tertiary/aromatic N) is 3. The van der Waals surface area contributed by atoms with Crippen molar-refractivity contribution in [3.63, 3.8) is 0 Å². The third-order valence-corrected chi connectivity index (χ3v) is 4.80. The second-order valence-corrected chi connectivity index (χ2v) is 6.73. The topological polar surface area (TPSA) is 54.2 Å². The fourth-order valence-corrected chi connectivity index (χ4v) is 3.29. The van der Waals surface area contributed by atoms with Gasteiger partial charge in [0.15, 0.2) is 5.96 Å². The predicted octanol–water partition coefficient (Wildman–Crippen LogP) is 4.32. The van der Waals surface area contributed by atoms with Gasteiger partial charge in [0, 0.05) is 32.3 Å². The van der Waals surface area contributed by atoms with Crippen molar-refractivity contribution in [1.29, 1.82) is 0 Å². The van der Waals surface area contributed by atoms with Gasteiger partial charge >= 0.3 is 0 Å². The van der Waals surface area contributed by atoms with Crippen LogP contribution < -0.4 is 10.6 Å². The van der Waals surface area contributed by atoms with Crippen LogP contribution in [0.5, 0.6) is 0 Å². The first-order valence-corrected chi connectivity index (χ1v) is 9.87. The van der Waals surface area contributed by atoms with Crippen molar-refractivity contribution in [2.24, 2.45) is 12.0 Å². The molecular formula is C23H30IN5. The summed E-state index contributed by atoms with van der Waals surface area (Å²) in [5.41, 5.74) is 3.77. The third-order valence-electron chi connectivity index (χ3n) is 4.80. The second kappa shape index (κ2) is 12.3. The van der Waals surface area contributed by atoms with Crippen molar-refractivity contribution in [3.05, 3.63) is 89.7 Å². The van der Waals surface area contributed by atoms with E-state index in [1.54, 1.807) is 6.20 Å². The summed E-state index contributed by atoms with van der Waals surface area (Å²) < 4.78 is 1.86. The van der Waals surface area contributed by atoms with E-state index in [9.17, 15) is 0 Å². The fraction of sp³-hybridized carbons (Fsp3) is 0.304. The van der Waals surface area contributed by atoms with Gasteiger partial charge in [-0.25, -0.2) is 4.99 Å². The molecule has 0 unspecified atom stereocenters. The molecule has 0 radical (unpaired) electrons. The smallest absolute Gasteiger partial charge is 0.191 e. The fourth-order valence-electron chi connectivity index (χ4n) is 3.29. The van der Waals surface area contributed by atoms with E-state index < -0.39 is 0 Å². The molecule has 5 nitrogen and oxygen atoms in total. The average Bonchev–Trinajstić information content (AvgIpc) is 3.15. The quantitative estimate of drug-likeness (QED) is 0.274. The molecule has 0 saturated carbocycles. The van der Waals surface area contributed by atoms with Crippen LogP contribution in [0.4, 0.5) is 0 Å². The molecule has 0 saturated heterocycles. The van der Waals surface area contributed by atoms with Crippen LogP contribution in [0.2, 0.25) is 0 Å². The number of rotatable bonds is 8. The van der Waals surface area contributed by atoms with E-state index in [1.165, 1.54) is 11.1 Å². The summed E-state index contributed by atoms with van der Waals surface area (Å²) >= 11 is 0. The summed E-state index contributed by atoms with van der Waals surface area (Å²) in [6.45, 7) is 4.36. The molecule has 0 aliphatic rings. The maximum Gasteiger partial charge on any atom is 0.191 e. The van der Waals surface area contributed by atoms with Crippen LogP contribution in [0.25, 0.3) is 0 Å². The molecule has 0 bridgehead atoms. The van der Waals surface area contributed by atoms with Crippen LogP contribution in [0.15, 0.2) is 77.9 Å². The monoisotopic (exact) mass is 503 g/mol. The Morgan fingerprint density at radius 1 is 0.966 bits per heavy atom. The van der Waals surface area contributed by atoms with E-state index >= 15 is 0 Å². The maximum absolute atomic E-state index is 4.69. The highest BCUT2D eigenvalue weighted by Crippen LogP contribution is 2.27. The van der Waals surface area contributed by atoms with Gasteiger partial charge in [-0.3, -0.25) is 4.68 Å². The molecule has 3 aromatic rings. The summed E-state index contributed by atoms with van der Waals surface area (Å²) in [5.74, 6) is 1.19. The van der Waals surface area contributed by atoms with Gasteiger partial charge in [-0.05, 0) is 30.5 Å². The first-order valence-electron chi connectivity index (χ1n) is 9.87. The van der Waals surface area contributed by atoms with Crippen molar-refractivity contribution in [2.75, 3.05) is 13.1 Å². The van der Waals surface area contributed by atoms with Crippen LogP contribution in [0.3, 0.4) is 0 Å². The molecule has 3 rings (SSSR count). The standard InChI is InChI=1S/C23H29N5.HI/c1-3-24-23(26-18-21-14-17-27-28(21)2)25-16-15-22(19-10-6-4-7-11-19)20-12-8-5-9-13-20;/h4-14,17,22H,3,15-16,18H2,1-2H3,(H2,24,25,26);1H. The molecule has 0 aliphatic carbocycles. The average molecular weight is 503 g/mol. The Labute approximate surface area is 190 Å². The van der Waals surface area contributed by atoms with E-state index in [2.05, 4.69) is 83.3 Å². The Morgan fingerprint density at radius 3 is 2.10 bits per heavy atom. The van der Waals surface area contributed by atoms with Crippen molar-refractivity contribution >= 4 is 29.9 Å². The molecule has 0 fully saturated rings. The highest BCUT2D eigenvalue weighted by Gasteiger charge is 2.13. The van der Waals surface area contributed by atoms with Crippen LogP contribution in [-0.2, 0) is 13.6 Å². The lowest BCUT2D eigenvalue weighted by Gasteiger charge is -2.19. The number of benzene rings is 2. The van der Waals surface area contributed by atoms with E-state index in [1.807, 2.05) is 17.8 Å². The number of aryl methyl sites for hydroxylation is 1. The van der Waals surface area contributed by atoms with Crippen LogP contribution in [0, 0.1) is 0 Å². The summed E-state index contributed by atoms with van der Waals surface area (Å²) in [4.78, 5) is 4.69. The molecule has 0 amide bonds. The van der Waals surface area contributed by atoms with Gasteiger partial charge in [-0.2, -0.15) is 5.10 Å². The van der Waals surface area contributed by atoms with Crippen molar-refractivity contribution in [1.82, 2.24) is 20.4 Å². The summed E-state index contributed by atoms with van der Waals surface area (Å²) in [6.07, 6.45) is 2.79. The van der Waals surface area contributed by atoms with Gasteiger partial charge in [0.05, 0.1) is 12.2 Å². The molecule has 2 N–H and O–H groups in total. The molecule has 0 aliphatic heterocycles. The molecule has 6 heteroatoms. The number of hydrogen-bond donors (Lipinski definition) is 2. The lowest BCUT2D eigenvalue weighted by Crippen LogP contribution is -2.38. The van der Waals surface area contributed by atoms with Crippen LogP contribution in [0.1, 0.15) is 36.1 Å². The zero-order valence-corrected chi connectivity index (χ0v) is 19.4. The largest absolute Gasteiger partial charge is 0.357 e. The molecule has 29 heavy (non-hydrogen) atoms. The van der Waals surface area contributed by atoms with Crippen molar-refractivity contribution in [3.8, 4) is 0 Å². The van der Waals surface area contributed by atoms with E-state index in [4.69, 9.17) is 4.99 Å². The van der Waals surface area contributed by atoms with Crippen molar-refractivity contribution < 1.29 is 0 Å². The lowest BCUT2D eigenvalue weighted by atomic mass is 9.88. The molecule has 1 heterocycles. The van der Waals surface area contributed by atoms with Crippen LogP contribution >= 0.6 is 24.0 Å². The lowest BCUT2D eigenvalue weighted by molar-refractivity contribution is 0.674. The molecule has 0 atom stereocenters. The Kier molecular flexibility index (Phi) is 9.70. The van der Waals surface area contributed by atoms with E-state index in [-0.39, 0.29) is 24.0 Å². The number of hydrogen-bond acceptors (Lipinski definition) is 2. The Hall–Kier alpha value is -2.35. The van der Waals surface area contributed by atoms with Gasteiger partial charge < -0.3 is 10.6 Å². The van der Waals surface area contributed by atoms with Gasteiger partial charge in [-0.15, -0.1) is 24.0 Å². The molecule has 0 spiro atoms. The maximum atomic E-state index is 4.69. The molecule has 154 valence electrons. The summed E-state index contributed by atoms with van der Waals surface area (Å²) in [5, 5.41) is 11.0. The number of aromatic nitrogens is 2. The summed E-state index contributed by atoms with van der Waals surface area (Å²) in [6, 6.07) is 23.4.